The summed E-state index contributed by atoms with van der Waals surface area (Å²) in [6.07, 6.45) is 6.54. The Kier molecular flexibility index (Phi) is 8.47. The van der Waals surface area contributed by atoms with Gasteiger partial charge in [-0.15, -0.1) is 11.7 Å². The molecule has 1 aromatic heterocycles. The highest BCUT2D eigenvalue weighted by Gasteiger charge is 2.68. The second-order valence-electron chi connectivity index (χ2n) is 14.5. The number of nitrogens with zero attached hydrogens (tertiary/aromatic N) is 3. The fourth-order valence-electron chi connectivity index (χ4n) is 9.22. The van der Waals surface area contributed by atoms with Gasteiger partial charge in [0, 0.05) is 28.7 Å². The van der Waals surface area contributed by atoms with Gasteiger partial charge in [-0.25, -0.2) is 4.68 Å². The third-order valence-corrected chi connectivity index (χ3v) is 12.3. The molecule has 0 radical (unpaired) electrons. The fourth-order valence-corrected chi connectivity index (χ4v) is 9.22. The summed E-state index contributed by atoms with van der Waals surface area (Å²) in [5, 5.41) is 20.5. The number of esters is 1. The van der Waals surface area contributed by atoms with E-state index in [0.29, 0.717) is 25.0 Å². The molecule has 0 amide bonds. The third-order valence-electron chi connectivity index (χ3n) is 12.3. The van der Waals surface area contributed by atoms with Gasteiger partial charge in [0.2, 0.25) is 0 Å². The highest BCUT2D eigenvalue weighted by Crippen LogP contribution is 2.68. The van der Waals surface area contributed by atoms with E-state index in [0.717, 1.165) is 41.7 Å². The second kappa shape index (κ2) is 12.1. The molecule has 0 spiro atoms. The molecule has 8 nitrogen and oxygen atoms in total. The number of hydrogen-bond donors (Lipinski definition) is 1. The van der Waals surface area contributed by atoms with Crippen LogP contribution in [0.15, 0.2) is 67.4 Å². The van der Waals surface area contributed by atoms with Crippen LogP contribution in [-0.2, 0) is 27.3 Å². The minimum Gasteiger partial charge on any atom is -0.497 e. The molecule has 0 aliphatic heterocycles. The summed E-state index contributed by atoms with van der Waals surface area (Å²) in [6.45, 7) is 12.5. The van der Waals surface area contributed by atoms with Gasteiger partial charge in [-0.3, -0.25) is 9.59 Å². The Hall–Kier alpha value is -3.78. The first kappa shape index (κ1) is 32.2. The molecule has 6 rings (SSSR count). The van der Waals surface area contributed by atoms with Crippen molar-refractivity contribution in [3.05, 3.63) is 78.5 Å². The number of hydrogen-bond acceptors (Lipinski definition) is 7. The van der Waals surface area contributed by atoms with Crippen LogP contribution < -0.4 is 4.74 Å². The molecule has 1 N–H and O–H groups in total. The fraction of sp³-hybridized carbons (Fsp3) is 0.526. The van der Waals surface area contributed by atoms with Crippen LogP contribution in [-0.4, -0.2) is 51.2 Å². The van der Waals surface area contributed by atoms with Crippen molar-refractivity contribution in [3.8, 4) is 17.0 Å². The third kappa shape index (κ3) is 5.28. The normalized spacial score (nSPS) is 33.9. The molecule has 3 saturated carbocycles. The number of ether oxygens (including phenoxy) is 2. The Morgan fingerprint density at radius 1 is 1.13 bits per heavy atom. The Bertz CT molecular complexity index is 1620. The molecular formula is C38H47N3O5. The number of rotatable bonds is 8. The van der Waals surface area contributed by atoms with Gasteiger partial charge in [0.1, 0.15) is 29.9 Å². The van der Waals surface area contributed by atoms with Crippen molar-refractivity contribution >= 4 is 11.8 Å². The zero-order chi connectivity index (χ0) is 32.9. The number of methoxy groups -OCH3 is 1. The Morgan fingerprint density at radius 2 is 1.87 bits per heavy atom. The summed E-state index contributed by atoms with van der Waals surface area (Å²) in [5.41, 5.74) is 2.30. The lowest BCUT2D eigenvalue weighted by molar-refractivity contribution is -0.207. The van der Waals surface area contributed by atoms with Crippen molar-refractivity contribution in [2.45, 2.75) is 85.0 Å². The van der Waals surface area contributed by atoms with Gasteiger partial charge in [0.25, 0.3) is 0 Å². The first-order valence-electron chi connectivity index (χ1n) is 16.6. The standard InChI is InChI=1S/C38H47N3O5/c1-7-36(4)21-32(37(5)24(2)16-18-38(25(3)35(36)44)19-17-31(42)34(37)38)46-33(43)23-41-22-30(39-40-41)29-11-9-8-10-27(29)20-26-12-14-28(45-6)15-13-26/h7-15,22,24-25,32,34-35,44H,1,16-21,23H2,2-6H3/t24-,25+,32-,34+,35+,36-,37+,38+/m1/s1. The SMILES string of the molecule is C=C[C@]1(C)C[C@@H](OC(=O)Cn2cc(-c3ccccc3Cc3ccc(OC)cc3)nn2)[C@]2(C)[C@H](C)CC[C@]3(CCC(=O)[C@H]32)[C@@H](C)[C@@H]1O. The highest BCUT2D eigenvalue weighted by atomic mass is 16.5. The molecule has 46 heavy (non-hydrogen) atoms. The number of carbonyl (C=O) groups excluding carboxylic acids is 2. The summed E-state index contributed by atoms with van der Waals surface area (Å²) in [6, 6.07) is 16.1. The van der Waals surface area contributed by atoms with Crippen molar-refractivity contribution in [2.75, 3.05) is 7.11 Å². The molecule has 3 aliphatic carbocycles. The summed E-state index contributed by atoms with van der Waals surface area (Å²) in [7, 11) is 1.65. The van der Waals surface area contributed by atoms with Crippen LogP contribution in [0.3, 0.4) is 0 Å². The quantitative estimate of drug-likeness (QED) is 0.227. The molecular weight excluding hydrogens is 578 g/mol. The largest absolute Gasteiger partial charge is 0.497 e. The molecule has 3 aliphatic rings. The number of ketones is 1. The maximum absolute atomic E-state index is 13.7. The lowest BCUT2D eigenvalue weighted by atomic mass is 9.44. The van der Waals surface area contributed by atoms with Crippen molar-refractivity contribution in [3.63, 3.8) is 0 Å². The van der Waals surface area contributed by atoms with E-state index >= 15 is 0 Å². The predicted octanol–water partition coefficient (Wildman–Crippen LogP) is 6.45. The average Bonchev–Trinajstić information content (AvgIpc) is 3.66. The van der Waals surface area contributed by atoms with Crippen LogP contribution in [0.1, 0.15) is 70.9 Å². The smallest absolute Gasteiger partial charge is 0.328 e. The number of carbonyl (C=O) groups is 2. The van der Waals surface area contributed by atoms with Crippen LogP contribution in [0.2, 0.25) is 0 Å². The van der Waals surface area contributed by atoms with Crippen molar-refractivity contribution in [1.29, 1.82) is 0 Å². The van der Waals surface area contributed by atoms with Crippen LogP contribution in [0.25, 0.3) is 11.3 Å². The molecule has 8 atom stereocenters. The van der Waals surface area contributed by atoms with E-state index in [9.17, 15) is 14.7 Å². The number of aliphatic hydroxyl groups is 1. The molecule has 3 aromatic rings. The zero-order valence-corrected chi connectivity index (χ0v) is 27.7. The van der Waals surface area contributed by atoms with E-state index in [1.807, 2.05) is 55.5 Å². The van der Waals surface area contributed by atoms with Gasteiger partial charge in [-0.05, 0) is 72.6 Å². The first-order valence-corrected chi connectivity index (χ1v) is 16.6. The Morgan fingerprint density at radius 3 is 2.59 bits per heavy atom. The van der Waals surface area contributed by atoms with Crippen LogP contribution in [0.5, 0.6) is 5.75 Å². The molecule has 244 valence electrons. The minimum atomic E-state index is -0.701. The van der Waals surface area contributed by atoms with E-state index in [1.165, 1.54) is 4.68 Å². The number of Topliss-reactive ketones (excluding diaryl/α,β-unsaturated/α-hetero) is 1. The van der Waals surface area contributed by atoms with Gasteiger partial charge in [0.05, 0.1) is 19.4 Å². The molecule has 0 unspecified atom stereocenters. The lowest BCUT2D eigenvalue weighted by Gasteiger charge is -2.61. The van der Waals surface area contributed by atoms with Gasteiger partial charge in [0.15, 0.2) is 0 Å². The van der Waals surface area contributed by atoms with E-state index in [-0.39, 0.29) is 35.5 Å². The van der Waals surface area contributed by atoms with Crippen molar-refractivity contribution in [1.82, 2.24) is 15.0 Å². The Labute approximate surface area is 272 Å². The molecule has 2 aromatic carbocycles. The van der Waals surface area contributed by atoms with Crippen LogP contribution >= 0.6 is 0 Å². The van der Waals surface area contributed by atoms with E-state index < -0.39 is 29.0 Å². The van der Waals surface area contributed by atoms with Crippen molar-refractivity contribution in [2.24, 2.45) is 34.0 Å². The monoisotopic (exact) mass is 625 g/mol. The van der Waals surface area contributed by atoms with E-state index in [4.69, 9.17) is 9.47 Å². The highest BCUT2D eigenvalue weighted by molar-refractivity contribution is 5.85. The Balaban J connectivity index is 1.25. The molecule has 2 bridgehead atoms. The van der Waals surface area contributed by atoms with Crippen LogP contribution in [0.4, 0.5) is 0 Å². The summed E-state index contributed by atoms with van der Waals surface area (Å²) < 4.78 is 13.2. The van der Waals surface area contributed by atoms with Gasteiger partial charge < -0.3 is 14.6 Å². The van der Waals surface area contributed by atoms with Gasteiger partial charge >= 0.3 is 5.97 Å². The van der Waals surface area contributed by atoms with Crippen molar-refractivity contribution < 1.29 is 24.2 Å². The minimum absolute atomic E-state index is 0.0726. The second-order valence-corrected chi connectivity index (χ2v) is 14.5. The topological polar surface area (TPSA) is 104 Å². The van der Waals surface area contributed by atoms with E-state index in [2.05, 4.69) is 43.7 Å². The maximum atomic E-state index is 13.7. The van der Waals surface area contributed by atoms with Crippen LogP contribution in [0, 0.1) is 34.0 Å². The zero-order valence-electron chi connectivity index (χ0n) is 27.7. The molecule has 3 fully saturated rings. The van der Waals surface area contributed by atoms with E-state index in [1.54, 1.807) is 13.3 Å². The summed E-state index contributed by atoms with van der Waals surface area (Å²) >= 11 is 0. The number of aromatic nitrogens is 3. The summed E-state index contributed by atoms with van der Waals surface area (Å²) in [4.78, 5) is 27.4. The number of benzene rings is 2. The average molecular weight is 626 g/mol. The number of aliphatic hydroxyl groups excluding tert-OH is 1. The van der Waals surface area contributed by atoms with Gasteiger partial charge in [-0.1, -0.05) is 75.4 Å². The molecule has 8 heteroatoms. The first-order chi connectivity index (χ1) is 21.9. The predicted molar refractivity (Wildman–Crippen MR) is 176 cm³/mol. The lowest BCUT2D eigenvalue weighted by Crippen LogP contribution is -2.63. The summed E-state index contributed by atoms with van der Waals surface area (Å²) in [5.74, 6) is 0.454. The molecule has 1 heterocycles. The molecule has 0 saturated heterocycles. The van der Waals surface area contributed by atoms with Gasteiger partial charge in [-0.2, -0.15) is 0 Å². The maximum Gasteiger partial charge on any atom is 0.328 e.